The minimum Gasteiger partial charge on any atom is -0.494 e. The van der Waals surface area contributed by atoms with Crippen LogP contribution in [0.2, 0.25) is 0 Å². The van der Waals surface area contributed by atoms with Gasteiger partial charge < -0.3 is 4.74 Å². The molecule has 2 aliphatic carbocycles. The van der Waals surface area contributed by atoms with Gasteiger partial charge in [-0.25, -0.2) is 9.97 Å². The lowest BCUT2D eigenvalue weighted by molar-refractivity contribution is 0.304. The van der Waals surface area contributed by atoms with Crippen LogP contribution in [0.3, 0.4) is 0 Å². The third kappa shape index (κ3) is 10.6. The molecule has 0 bridgehead atoms. The Labute approximate surface area is 488 Å². The second-order valence-corrected chi connectivity index (χ2v) is 24.1. The van der Waals surface area contributed by atoms with Crippen LogP contribution >= 0.6 is 0 Å². The fraction of sp³-hybridized carbons (Fsp3) is 0.266. The van der Waals surface area contributed by atoms with Crippen molar-refractivity contribution in [1.29, 1.82) is 0 Å². The van der Waals surface area contributed by atoms with Crippen molar-refractivity contribution in [2.45, 2.75) is 130 Å². The second kappa shape index (κ2) is 23.4. The van der Waals surface area contributed by atoms with Gasteiger partial charge >= 0.3 is 0 Å². The van der Waals surface area contributed by atoms with Gasteiger partial charge in [0.2, 0.25) is 0 Å². The zero-order chi connectivity index (χ0) is 56.4. The average Bonchev–Trinajstić information content (AvgIpc) is 3.87. The molecule has 0 aliphatic heterocycles. The van der Waals surface area contributed by atoms with E-state index in [1.54, 1.807) is 0 Å². The first-order valence-electron chi connectivity index (χ1n) is 30.5. The number of aromatic nitrogens is 2. The first-order valence-corrected chi connectivity index (χ1v) is 30.5. The van der Waals surface area contributed by atoms with Crippen molar-refractivity contribution in [3.63, 3.8) is 0 Å². The molecule has 0 N–H and O–H groups in total. The summed E-state index contributed by atoms with van der Waals surface area (Å²) in [6, 6.07) is 75.6. The molecule has 0 saturated carbocycles. The van der Waals surface area contributed by atoms with E-state index < -0.39 is 5.41 Å². The number of aryl methyl sites for hydroxylation is 4. The van der Waals surface area contributed by atoms with Crippen LogP contribution in [-0.4, -0.2) is 16.6 Å². The van der Waals surface area contributed by atoms with E-state index in [4.69, 9.17) is 14.7 Å². The topological polar surface area (TPSA) is 35.0 Å². The molecule has 10 aromatic rings. The third-order valence-corrected chi connectivity index (χ3v) is 18.0. The maximum Gasteiger partial charge on any atom is 0.160 e. The first kappa shape index (κ1) is 54.4. The lowest BCUT2D eigenvalue weighted by Crippen LogP contribution is -2.28. The molecule has 0 fully saturated rings. The van der Waals surface area contributed by atoms with E-state index in [1.165, 1.54) is 158 Å². The van der Waals surface area contributed by atoms with Gasteiger partial charge in [-0.3, -0.25) is 0 Å². The highest BCUT2D eigenvalue weighted by Crippen LogP contribution is 2.58. The van der Waals surface area contributed by atoms with Gasteiger partial charge in [0.05, 0.1) is 23.4 Å². The van der Waals surface area contributed by atoms with Crippen molar-refractivity contribution in [1.82, 2.24) is 9.97 Å². The Bertz CT molecular complexity index is 3890. The van der Waals surface area contributed by atoms with Gasteiger partial charge in [-0.05, 0) is 160 Å². The van der Waals surface area contributed by atoms with E-state index in [1.807, 2.05) is 0 Å². The minimum absolute atomic E-state index is 0.220. The molecule has 12 rings (SSSR count). The molecule has 1 aromatic heterocycles. The summed E-state index contributed by atoms with van der Waals surface area (Å²) in [6.07, 6.45) is 13.6. The zero-order valence-corrected chi connectivity index (χ0v) is 49.3. The summed E-state index contributed by atoms with van der Waals surface area (Å²) < 4.78 is 6.39. The smallest absolute Gasteiger partial charge is 0.160 e. The number of benzene rings is 9. The van der Waals surface area contributed by atoms with Gasteiger partial charge in [0.25, 0.3) is 0 Å². The molecule has 0 radical (unpaired) electrons. The summed E-state index contributed by atoms with van der Waals surface area (Å²) in [6.45, 7) is 16.6. The number of ether oxygens (including phenoxy) is 1. The Morgan fingerprint density at radius 3 is 1.35 bits per heavy atom. The molecule has 2 aliphatic rings. The van der Waals surface area contributed by atoms with Crippen molar-refractivity contribution in [2.75, 3.05) is 6.61 Å². The summed E-state index contributed by atoms with van der Waals surface area (Å²) in [5, 5.41) is 0. The van der Waals surface area contributed by atoms with Crippen LogP contribution in [0.1, 0.15) is 148 Å². The molecule has 1 atom stereocenters. The van der Waals surface area contributed by atoms with Crippen LogP contribution in [-0.2, 0) is 17.3 Å². The Hall–Kier alpha value is -8.14. The lowest BCUT2D eigenvalue weighted by Gasteiger charge is -2.34. The van der Waals surface area contributed by atoms with Crippen LogP contribution in [0.15, 0.2) is 200 Å². The normalized spacial score (nSPS) is 14.5. The molecule has 1 heterocycles. The lowest BCUT2D eigenvalue weighted by atomic mass is 9.67. The Balaban J connectivity index is 0.845. The van der Waals surface area contributed by atoms with Gasteiger partial charge in [-0.2, -0.15) is 0 Å². The van der Waals surface area contributed by atoms with Crippen molar-refractivity contribution in [2.24, 2.45) is 0 Å². The number of nitrogens with zero attached hydrogens (tertiary/aromatic N) is 2. The SMILES string of the molecule is CCCCCCCCOc1ccc(C2(c3ccc(C)cc3)c3cc(C)ccc3-c3ccc(-c4ccc5c(c4)C(C)(C)c4cc(-c6ccc(-c7cc(-c8ccc(C)cc8)nc(-c8ccc(CCCCCC)cc8)n7)cc6)ccc4-5)cc32)cc1. The summed E-state index contributed by atoms with van der Waals surface area (Å²) >= 11 is 0. The zero-order valence-electron chi connectivity index (χ0n) is 49.3. The van der Waals surface area contributed by atoms with E-state index in [9.17, 15) is 0 Å². The van der Waals surface area contributed by atoms with E-state index >= 15 is 0 Å². The Morgan fingerprint density at radius 2 is 0.768 bits per heavy atom. The van der Waals surface area contributed by atoms with E-state index in [0.717, 1.165) is 59.1 Å². The van der Waals surface area contributed by atoms with Gasteiger partial charge in [0.15, 0.2) is 5.82 Å². The minimum atomic E-state index is -0.527. The van der Waals surface area contributed by atoms with Gasteiger partial charge in [-0.15, -0.1) is 0 Å². The molecule has 0 amide bonds. The predicted octanol–water partition coefficient (Wildman–Crippen LogP) is 21.3. The van der Waals surface area contributed by atoms with Crippen molar-refractivity contribution < 1.29 is 4.74 Å². The molecular formula is C79H78N2O. The largest absolute Gasteiger partial charge is 0.494 e. The molecule has 410 valence electrons. The molecule has 3 nitrogen and oxygen atoms in total. The maximum absolute atomic E-state index is 6.39. The number of rotatable bonds is 20. The average molecular weight is 1070 g/mol. The van der Waals surface area contributed by atoms with Crippen LogP contribution < -0.4 is 4.74 Å². The molecule has 9 aromatic carbocycles. The summed E-state index contributed by atoms with van der Waals surface area (Å²) in [5.41, 5.74) is 27.4. The quantitative estimate of drug-likeness (QED) is 0.0714. The van der Waals surface area contributed by atoms with Crippen molar-refractivity contribution in [3.05, 3.63) is 256 Å². The molecular weight excluding hydrogens is 993 g/mol. The van der Waals surface area contributed by atoms with Crippen molar-refractivity contribution >= 4 is 0 Å². The van der Waals surface area contributed by atoms with Crippen LogP contribution in [0.5, 0.6) is 5.75 Å². The Kier molecular flexibility index (Phi) is 15.5. The second-order valence-electron chi connectivity index (χ2n) is 24.1. The molecule has 3 heteroatoms. The Morgan fingerprint density at radius 1 is 0.354 bits per heavy atom. The summed E-state index contributed by atoms with van der Waals surface area (Å²) in [4.78, 5) is 10.4. The number of fused-ring (bicyclic) bond motifs is 6. The number of unbranched alkanes of at least 4 members (excludes halogenated alkanes) is 8. The predicted molar refractivity (Wildman–Crippen MR) is 345 cm³/mol. The van der Waals surface area contributed by atoms with Gasteiger partial charge in [0, 0.05) is 22.1 Å². The van der Waals surface area contributed by atoms with Gasteiger partial charge in [-0.1, -0.05) is 260 Å². The van der Waals surface area contributed by atoms with E-state index in [2.05, 4.69) is 249 Å². The highest BCUT2D eigenvalue weighted by atomic mass is 16.5. The highest BCUT2D eigenvalue weighted by molar-refractivity contribution is 5.90. The van der Waals surface area contributed by atoms with Gasteiger partial charge in [0.1, 0.15) is 5.75 Å². The number of hydrogen-bond donors (Lipinski definition) is 0. The molecule has 0 saturated heterocycles. The van der Waals surface area contributed by atoms with E-state index in [-0.39, 0.29) is 5.41 Å². The first-order chi connectivity index (χ1) is 40.0. The van der Waals surface area contributed by atoms with E-state index in [0.29, 0.717) is 0 Å². The van der Waals surface area contributed by atoms with Crippen LogP contribution in [0.4, 0.5) is 0 Å². The number of hydrogen-bond acceptors (Lipinski definition) is 3. The van der Waals surface area contributed by atoms with Crippen LogP contribution in [0, 0.1) is 20.8 Å². The summed E-state index contributed by atoms with van der Waals surface area (Å²) in [5.74, 6) is 1.68. The van der Waals surface area contributed by atoms with Crippen LogP contribution in [0.25, 0.3) is 78.4 Å². The standard InChI is InChI=1S/C79H78N2O/c1-8-10-12-14-15-17-47-82-66-41-39-65(40-42-66)79(64-37-21-54(4)22-38-64)73-48-55(5)23-43-69(73)70-46-36-63(51-74(70)79)62-35-45-68-67-44-34-61(49-71(67)78(6,7)72(68)50-62)57-30-32-59(33-31-57)76-52-75(58-26-19-53(3)20-27-58)80-77(81-76)60-28-24-56(25-29-60)18-16-13-11-9-2/h19-46,48-52H,8-18,47H2,1-7H3. The fourth-order valence-corrected chi connectivity index (χ4v) is 13.2. The molecule has 82 heavy (non-hydrogen) atoms. The molecule has 1 unspecified atom stereocenters. The molecule has 0 spiro atoms. The van der Waals surface area contributed by atoms with Crippen molar-refractivity contribution in [3.8, 4) is 84.2 Å². The third-order valence-electron chi connectivity index (χ3n) is 18.0. The summed E-state index contributed by atoms with van der Waals surface area (Å²) in [7, 11) is 0. The monoisotopic (exact) mass is 1070 g/mol. The highest BCUT2D eigenvalue weighted by Gasteiger charge is 2.46. The fourth-order valence-electron chi connectivity index (χ4n) is 13.2. The maximum atomic E-state index is 6.39.